The highest BCUT2D eigenvalue weighted by molar-refractivity contribution is 5.87. The number of benzene rings is 1. The number of alkyl carbamates (subject to hydrolysis) is 1. The topological polar surface area (TPSA) is 77.5 Å². The normalized spacial score (nSPS) is 31.2. The third-order valence-electron chi connectivity index (χ3n) is 7.44. The van der Waals surface area contributed by atoms with E-state index in [-0.39, 0.29) is 6.10 Å². The maximum atomic E-state index is 12.9. The number of nitrogens with zero attached hydrogens (tertiary/aromatic N) is 1. The van der Waals surface area contributed by atoms with Gasteiger partial charge in [-0.15, -0.1) is 0 Å². The first-order valence-corrected chi connectivity index (χ1v) is 10.9. The first-order valence-electron chi connectivity index (χ1n) is 10.9. The summed E-state index contributed by atoms with van der Waals surface area (Å²) in [5.41, 5.74) is -0.252. The number of hydrogen-bond acceptors (Lipinski definition) is 5. The van der Waals surface area contributed by atoms with Crippen LogP contribution in [0.4, 0.5) is 4.79 Å². The van der Waals surface area contributed by atoms with E-state index in [4.69, 9.17) is 9.47 Å². The number of ether oxygens (including phenoxy) is 2. The summed E-state index contributed by atoms with van der Waals surface area (Å²) in [6.45, 7) is 1.62. The van der Waals surface area contributed by atoms with Gasteiger partial charge in [-0.1, -0.05) is 24.3 Å². The Hall–Kier alpha value is -2.63. The van der Waals surface area contributed by atoms with Gasteiger partial charge in [0.05, 0.1) is 18.3 Å². The third-order valence-corrected chi connectivity index (χ3v) is 7.44. The Bertz CT molecular complexity index is 962. The Morgan fingerprint density at radius 1 is 1.00 bits per heavy atom. The molecule has 0 radical (unpaired) electrons. The van der Waals surface area contributed by atoms with Crippen LogP contribution in [-0.2, 0) is 19.8 Å². The zero-order valence-electron chi connectivity index (χ0n) is 17.5. The van der Waals surface area contributed by atoms with E-state index in [1.165, 1.54) is 13.5 Å². The number of esters is 1. The number of amides is 1. The lowest BCUT2D eigenvalue weighted by Crippen LogP contribution is -2.54. The summed E-state index contributed by atoms with van der Waals surface area (Å²) in [4.78, 5) is 30.3. The van der Waals surface area contributed by atoms with Crippen LogP contribution in [-0.4, -0.2) is 30.3 Å². The van der Waals surface area contributed by atoms with Crippen LogP contribution in [0.5, 0.6) is 0 Å². The van der Waals surface area contributed by atoms with Crippen molar-refractivity contribution in [3.8, 4) is 0 Å². The zero-order chi connectivity index (χ0) is 20.9. The molecule has 4 aliphatic carbocycles. The van der Waals surface area contributed by atoms with Crippen molar-refractivity contribution < 1.29 is 19.1 Å². The second kappa shape index (κ2) is 7.25. The highest BCUT2D eigenvalue weighted by Crippen LogP contribution is 2.54. The van der Waals surface area contributed by atoms with Crippen molar-refractivity contribution in [3.63, 3.8) is 0 Å². The molecule has 4 bridgehead atoms. The van der Waals surface area contributed by atoms with Crippen molar-refractivity contribution in [2.45, 2.75) is 50.7 Å². The fourth-order valence-corrected chi connectivity index (χ4v) is 6.19. The van der Waals surface area contributed by atoms with Gasteiger partial charge in [0.25, 0.3) is 0 Å². The molecule has 0 spiro atoms. The third kappa shape index (κ3) is 3.22. The molecule has 2 aromatic rings. The summed E-state index contributed by atoms with van der Waals surface area (Å²) < 4.78 is 11.0. The van der Waals surface area contributed by atoms with E-state index in [0.717, 1.165) is 48.4 Å². The molecule has 1 atom stereocenters. The van der Waals surface area contributed by atoms with Crippen LogP contribution in [0, 0.1) is 23.7 Å². The molecule has 0 saturated heterocycles. The highest BCUT2D eigenvalue weighted by Gasteiger charge is 2.50. The number of para-hydroxylation sites is 1. The van der Waals surface area contributed by atoms with Crippen LogP contribution in [0.15, 0.2) is 36.4 Å². The van der Waals surface area contributed by atoms with E-state index in [1.54, 1.807) is 13.0 Å². The number of rotatable bonds is 4. The quantitative estimate of drug-likeness (QED) is 0.768. The van der Waals surface area contributed by atoms with Crippen LogP contribution >= 0.6 is 0 Å². The molecule has 4 saturated carbocycles. The van der Waals surface area contributed by atoms with Gasteiger partial charge in [-0.3, -0.25) is 0 Å². The highest BCUT2D eigenvalue weighted by atomic mass is 16.6. The largest absolute Gasteiger partial charge is 0.467 e. The van der Waals surface area contributed by atoms with Gasteiger partial charge in [-0.05, 0) is 74.8 Å². The maximum absolute atomic E-state index is 12.9. The molecule has 4 aliphatic rings. The van der Waals surface area contributed by atoms with Crippen LogP contribution < -0.4 is 5.32 Å². The van der Waals surface area contributed by atoms with Gasteiger partial charge in [-0.25, -0.2) is 14.6 Å². The summed E-state index contributed by atoms with van der Waals surface area (Å²) in [5, 5.41) is 3.75. The molecule has 6 heteroatoms. The molecule has 0 aliphatic heterocycles. The van der Waals surface area contributed by atoms with Crippen LogP contribution in [0.2, 0.25) is 0 Å². The van der Waals surface area contributed by atoms with Gasteiger partial charge >= 0.3 is 12.1 Å². The molecule has 30 heavy (non-hydrogen) atoms. The SMILES string of the molecule is COC(=O)[C@](C)(NC(=O)OC1C2CC3CC(C2)CC1C3)c1ccc2ccccc2n1. The van der Waals surface area contributed by atoms with E-state index in [0.29, 0.717) is 17.5 Å². The lowest BCUT2D eigenvalue weighted by molar-refractivity contribution is -0.148. The molecule has 4 fully saturated rings. The van der Waals surface area contributed by atoms with Crippen molar-refractivity contribution in [2.75, 3.05) is 7.11 Å². The molecule has 1 amide bonds. The average Bonchev–Trinajstić information content (AvgIpc) is 2.74. The number of hydrogen-bond donors (Lipinski definition) is 1. The predicted octanol–water partition coefficient (Wildman–Crippen LogP) is 4.17. The fourth-order valence-electron chi connectivity index (χ4n) is 6.19. The van der Waals surface area contributed by atoms with Crippen molar-refractivity contribution >= 4 is 23.0 Å². The molecule has 6 rings (SSSR count). The summed E-state index contributed by atoms with van der Waals surface area (Å²) >= 11 is 0. The Morgan fingerprint density at radius 3 is 2.33 bits per heavy atom. The first-order chi connectivity index (χ1) is 14.5. The molecular formula is C24H28N2O4. The minimum atomic E-state index is -1.43. The van der Waals surface area contributed by atoms with Crippen molar-refractivity contribution in [1.82, 2.24) is 10.3 Å². The van der Waals surface area contributed by atoms with Gasteiger partial charge in [0, 0.05) is 5.39 Å². The van der Waals surface area contributed by atoms with Crippen molar-refractivity contribution in [1.29, 1.82) is 0 Å². The smallest absolute Gasteiger partial charge is 0.408 e. The minimum Gasteiger partial charge on any atom is -0.467 e. The predicted molar refractivity (Wildman–Crippen MR) is 112 cm³/mol. The lowest BCUT2D eigenvalue weighted by Gasteiger charge is -2.53. The Balaban J connectivity index is 1.37. The van der Waals surface area contributed by atoms with Gasteiger partial charge in [0.2, 0.25) is 0 Å². The molecule has 1 N–H and O–H groups in total. The summed E-state index contributed by atoms with van der Waals surface area (Å²) in [7, 11) is 1.31. The number of carbonyl (C=O) groups excluding carboxylic acids is 2. The van der Waals surface area contributed by atoms with Crippen molar-refractivity contribution in [2.24, 2.45) is 23.7 Å². The van der Waals surface area contributed by atoms with Crippen LogP contribution in [0.1, 0.15) is 44.7 Å². The molecule has 0 unspecified atom stereocenters. The van der Waals surface area contributed by atoms with E-state index < -0.39 is 17.6 Å². The first kappa shape index (κ1) is 19.3. The van der Waals surface area contributed by atoms with E-state index in [1.807, 2.05) is 30.3 Å². The van der Waals surface area contributed by atoms with Gasteiger partial charge < -0.3 is 14.8 Å². The lowest BCUT2D eigenvalue weighted by atomic mass is 9.55. The molecule has 1 aromatic heterocycles. The molecule has 1 heterocycles. The Morgan fingerprint density at radius 2 is 1.67 bits per heavy atom. The standard InChI is InChI=1S/C24H28N2O4/c1-24(22(27)29-2,20-8-7-16-5-3-4-6-19(16)25-20)26-23(28)30-21-17-10-14-9-15(12-17)13-18(21)11-14/h3-8,14-15,17-18,21H,9-13H2,1-2H3,(H,26,28)/t14?,15?,17?,18?,21?,24-/m1/s1. The van der Waals surface area contributed by atoms with E-state index in [9.17, 15) is 9.59 Å². The van der Waals surface area contributed by atoms with Gasteiger partial charge in [0.1, 0.15) is 6.10 Å². The number of methoxy groups -OCH3 is 1. The van der Waals surface area contributed by atoms with Gasteiger partial charge in [0.15, 0.2) is 5.54 Å². The molecule has 1 aromatic carbocycles. The van der Waals surface area contributed by atoms with E-state index in [2.05, 4.69) is 10.3 Å². The Kier molecular flexibility index (Phi) is 4.68. The fraction of sp³-hybridized carbons (Fsp3) is 0.542. The van der Waals surface area contributed by atoms with Gasteiger partial charge in [-0.2, -0.15) is 0 Å². The van der Waals surface area contributed by atoms with Crippen molar-refractivity contribution in [3.05, 3.63) is 42.1 Å². The van der Waals surface area contributed by atoms with Crippen LogP contribution in [0.3, 0.4) is 0 Å². The summed E-state index contributed by atoms with van der Waals surface area (Å²) in [5.74, 6) is 1.94. The minimum absolute atomic E-state index is 0.0516. The number of carbonyl (C=O) groups is 2. The monoisotopic (exact) mass is 408 g/mol. The molecule has 6 nitrogen and oxygen atoms in total. The number of nitrogens with one attached hydrogen (secondary N) is 1. The van der Waals surface area contributed by atoms with E-state index >= 15 is 0 Å². The maximum Gasteiger partial charge on any atom is 0.408 e. The molecular weight excluding hydrogens is 380 g/mol. The van der Waals surface area contributed by atoms with Crippen LogP contribution in [0.25, 0.3) is 10.9 Å². The Labute approximate surface area is 176 Å². The number of fused-ring (bicyclic) bond motifs is 1. The second-order valence-electron chi connectivity index (χ2n) is 9.43. The molecule has 158 valence electrons. The number of pyridine rings is 1. The average molecular weight is 408 g/mol. The zero-order valence-corrected chi connectivity index (χ0v) is 17.5. The number of aromatic nitrogens is 1. The summed E-state index contributed by atoms with van der Waals surface area (Å²) in [6, 6.07) is 11.3. The summed E-state index contributed by atoms with van der Waals surface area (Å²) in [6.07, 6.45) is 5.35. The second-order valence-corrected chi connectivity index (χ2v) is 9.43.